The van der Waals surface area contributed by atoms with Crippen LogP contribution in [-0.2, 0) is 23.7 Å². The number of ether oxygens (including phenoxy) is 5. The van der Waals surface area contributed by atoms with Crippen LogP contribution in [0.2, 0.25) is 0 Å². The van der Waals surface area contributed by atoms with Crippen LogP contribution in [0.1, 0.15) is 13.8 Å². The van der Waals surface area contributed by atoms with Crippen molar-refractivity contribution in [1.29, 1.82) is 0 Å². The summed E-state index contributed by atoms with van der Waals surface area (Å²) in [6.45, 7) is 2.93. The summed E-state index contributed by atoms with van der Waals surface area (Å²) in [6, 6.07) is 8.24. The molecule has 3 saturated heterocycles. The molecular formula is C17H17NO8. The average Bonchev–Trinajstić information content (AvgIpc) is 3.10. The minimum Gasteiger partial charge on any atom is -0.410 e. The highest BCUT2D eigenvalue weighted by Crippen LogP contribution is 2.39. The molecule has 3 aliphatic rings. The van der Waals surface area contributed by atoms with E-state index < -0.39 is 48.3 Å². The van der Waals surface area contributed by atoms with Gasteiger partial charge in [-0.05, 0) is 26.0 Å². The first kappa shape index (κ1) is 17.0. The third kappa shape index (κ3) is 2.74. The maximum Gasteiger partial charge on any atom is 0.425 e. The first-order valence-corrected chi connectivity index (χ1v) is 8.11. The van der Waals surface area contributed by atoms with Crippen molar-refractivity contribution in [2.45, 2.75) is 37.6 Å². The summed E-state index contributed by atoms with van der Waals surface area (Å²) >= 11 is 0. The van der Waals surface area contributed by atoms with Crippen LogP contribution in [0.5, 0.6) is 5.75 Å². The zero-order valence-electron chi connectivity index (χ0n) is 14.2. The van der Waals surface area contributed by atoms with E-state index in [4.69, 9.17) is 23.7 Å². The lowest BCUT2D eigenvalue weighted by atomic mass is 9.99. The number of hydrogen-bond donors (Lipinski definition) is 0. The zero-order valence-corrected chi connectivity index (χ0v) is 14.2. The Bertz CT molecular complexity index is 763. The fourth-order valence-corrected chi connectivity index (χ4v) is 3.17. The molecule has 9 heteroatoms. The second-order valence-electron chi connectivity index (χ2n) is 6.66. The Balaban J connectivity index is 1.50. The summed E-state index contributed by atoms with van der Waals surface area (Å²) in [5.41, 5.74) is 0. The van der Waals surface area contributed by atoms with Gasteiger partial charge in [0.15, 0.2) is 11.9 Å². The Labute approximate surface area is 148 Å². The zero-order chi connectivity index (χ0) is 18.5. The van der Waals surface area contributed by atoms with Crippen LogP contribution >= 0.6 is 0 Å². The normalized spacial score (nSPS) is 32.5. The van der Waals surface area contributed by atoms with E-state index in [2.05, 4.69) is 0 Å². The summed E-state index contributed by atoms with van der Waals surface area (Å²) < 4.78 is 26.9. The van der Waals surface area contributed by atoms with Gasteiger partial charge in [0.25, 0.3) is 5.79 Å². The van der Waals surface area contributed by atoms with E-state index in [0.717, 1.165) is 0 Å². The molecule has 0 radical (unpaired) electrons. The van der Waals surface area contributed by atoms with Crippen LogP contribution in [-0.4, -0.2) is 59.8 Å². The fourth-order valence-electron chi connectivity index (χ4n) is 3.17. The molecule has 3 fully saturated rings. The van der Waals surface area contributed by atoms with Crippen LogP contribution < -0.4 is 4.74 Å². The van der Waals surface area contributed by atoms with Crippen LogP contribution in [0.4, 0.5) is 9.59 Å². The Kier molecular flexibility index (Phi) is 3.76. The summed E-state index contributed by atoms with van der Waals surface area (Å²) in [7, 11) is 0. The quantitative estimate of drug-likeness (QED) is 0.739. The van der Waals surface area contributed by atoms with Gasteiger partial charge in [0, 0.05) is 0 Å². The highest BCUT2D eigenvalue weighted by atomic mass is 16.8. The van der Waals surface area contributed by atoms with Gasteiger partial charge in [0.05, 0.1) is 6.61 Å². The maximum absolute atomic E-state index is 12.8. The molecule has 9 nitrogen and oxygen atoms in total. The lowest BCUT2D eigenvalue weighted by molar-refractivity contribution is -0.219. The van der Waals surface area contributed by atoms with Crippen molar-refractivity contribution < 1.29 is 38.1 Å². The molecule has 3 atom stereocenters. The first-order chi connectivity index (χ1) is 12.3. The first-order valence-electron chi connectivity index (χ1n) is 8.11. The van der Waals surface area contributed by atoms with Crippen molar-refractivity contribution >= 4 is 18.0 Å². The Morgan fingerprint density at radius 3 is 2.65 bits per heavy atom. The molecule has 3 heterocycles. The lowest BCUT2D eigenvalue weighted by Gasteiger charge is -2.33. The largest absolute Gasteiger partial charge is 0.425 e. The van der Waals surface area contributed by atoms with Crippen molar-refractivity contribution in [3.63, 3.8) is 0 Å². The molecule has 3 aliphatic heterocycles. The van der Waals surface area contributed by atoms with E-state index in [1.54, 1.807) is 44.2 Å². The second-order valence-corrected chi connectivity index (χ2v) is 6.66. The molecule has 4 rings (SSSR count). The van der Waals surface area contributed by atoms with E-state index in [1.807, 2.05) is 0 Å². The number of nitrogens with zero attached hydrogens (tertiary/aromatic N) is 1. The molecule has 2 amide bonds. The maximum atomic E-state index is 12.8. The number of hydrogen-bond acceptors (Lipinski definition) is 8. The van der Waals surface area contributed by atoms with Crippen molar-refractivity contribution in [3.05, 3.63) is 30.3 Å². The van der Waals surface area contributed by atoms with Gasteiger partial charge in [0.2, 0.25) is 5.78 Å². The number of rotatable bonds is 1. The smallest absolute Gasteiger partial charge is 0.410 e. The van der Waals surface area contributed by atoms with Crippen molar-refractivity contribution in [3.8, 4) is 5.75 Å². The Morgan fingerprint density at radius 1 is 1.19 bits per heavy atom. The molecule has 1 aromatic rings. The molecule has 0 aromatic heterocycles. The topological polar surface area (TPSA) is 101 Å². The minimum atomic E-state index is -1.91. The molecule has 0 aliphatic carbocycles. The number of imide groups is 1. The number of carbonyl (C=O) groups is 3. The van der Waals surface area contributed by atoms with Crippen LogP contribution in [0.25, 0.3) is 0 Å². The summed E-state index contributed by atoms with van der Waals surface area (Å²) in [4.78, 5) is 37.9. The molecule has 0 bridgehead atoms. The number of para-hydroxylation sites is 1. The average molecular weight is 363 g/mol. The predicted octanol–water partition coefficient (Wildman–Crippen LogP) is 1.45. The summed E-state index contributed by atoms with van der Waals surface area (Å²) in [5, 5.41) is 0. The molecule has 26 heavy (non-hydrogen) atoms. The van der Waals surface area contributed by atoms with E-state index in [9.17, 15) is 14.4 Å². The minimum absolute atomic E-state index is 0.00527. The highest BCUT2D eigenvalue weighted by Gasteiger charge is 2.64. The number of Topliss-reactive ketones (excluding diaryl/α,β-unsaturated/α-hetero) is 1. The molecule has 1 aromatic carbocycles. The highest BCUT2D eigenvalue weighted by molar-refractivity contribution is 5.99. The Hall–Kier alpha value is -2.49. The van der Waals surface area contributed by atoms with Crippen LogP contribution in [0.15, 0.2) is 30.3 Å². The van der Waals surface area contributed by atoms with E-state index >= 15 is 0 Å². The Morgan fingerprint density at radius 2 is 1.92 bits per heavy atom. The number of ketones is 1. The van der Waals surface area contributed by atoms with Crippen LogP contribution in [0, 0.1) is 0 Å². The second kappa shape index (κ2) is 5.76. The van der Waals surface area contributed by atoms with Crippen LogP contribution in [0.3, 0.4) is 0 Å². The number of benzene rings is 1. The van der Waals surface area contributed by atoms with E-state index in [1.165, 1.54) is 0 Å². The van der Waals surface area contributed by atoms with Gasteiger partial charge in [-0.15, -0.1) is 0 Å². The monoisotopic (exact) mass is 363 g/mol. The van der Waals surface area contributed by atoms with Gasteiger partial charge in [-0.3, -0.25) is 4.79 Å². The standard InChI is InChI=1S/C17H17NO8/c1-16(2)24-11-8-22-17(13(19)12(11)25-16)9-18(15(21)26-17)14(20)23-10-6-4-3-5-7-10/h3-7,11-12H,8-9H2,1-2H3/t11-,12?,17+/m1/s1. The molecular weight excluding hydrogens is 346 g/mol. The number of fused-ring (bicyclic) bond motifs is 1. The van der Waals surface area contributed by atoms with Gasteiger partial charge < -0.3 is 23.7 Å². The molecule has 1 spiro atoms. The van der Waals surface area contributed by atoms with Gasteiger partial charge in [-0.2, -0.15) is 0 Å². The molecule has 1 unspecified atom stereocenters. The summed E-state index contributed by atoms with van der Waals surface area (Å²) in [6.07, 6.45) is -3.50. The van der Waals surface area contributed by atoms with Crippen molar-refractivity contribution in [2.75, 3.05) is 13.2 Å². The molecule has 0 N–H and O–H groups in total. The third-order valence-electron chi connectivity index (χ3n) is 4.31. The van der Waals surface area contributed by atoms with Gasteiger partial charge >= 0.3 is 12.2 Å². The summed E-state index contributed by atoms with van der Waals surface area (Å²) in [5.74, 6) is -3.19. The van der Waals surface area contributed by atoms with Gasteiger partial charge in [-0.25, -0.2) is 14.5 Å². The number of carbonyl (C=O) groups excluding carboxylic acids is 3. The van der Waals surface area contributed by atoms with Crippen molar-refractivity contribution in [1.82, 2.24) is 4.90 Å². The molecule has 0 saturated carbocycles. The fraction of sp³-hybridized carbons (Fsp3) is 0.471. The SMILES string of the molecule is CC1(C)OC2C(=O)[C@@]3(CN(C(=O)Oc4ccccc4)C(=O)O3)OC[C@H]2O1. The van der Waals surface area contributed by atoms with E-state index in [0.29, 0.717) is 4.90 Å². The van der Waals surface area contributed by atoms with E-state index in [-0.39, 0.29) is 12.4 Å². The third-order valence-corrected chi connectivity index (χ3v) is 4.31. The van der Waals surface area contributed by atoms with Gasteiger partial charge in [0.1, 0.15) is 18.4 Å². The number of amides is 2. The molecule has 138 valence electrons. The lowest BCUT2D eigenvalue weighted by Crippen LogP contribution is -2.59. The van der Waals surface area contributed by atoms with Crippen molar-refractivity contribution in [2.24, 2.45) is 0 Å². The predicted molar refractivity (Wildman–Crippen MR) is 83.2 cm³/mol. The van der Waals surface area contributed by atoms with Gasteiger partial charge in [-0.1, -0.05) is 18.2 Å².